The molecule has 0 aliphatic rings. The molecule has 0 aliphatic carbocycles. The number of aryl methyl sites for hydroxylation is 1. The van der Waals surface area contributed by atoms with E-state index in [9.17, 15) is 0 Å². The van der Waals surface area contributed by atoms with Crippen LogP contribution in [0.4, 0.5) is 5.13 Å². The summed E-state index contributed by atoms with van der Waals surface area (Å²) in [4.78, 5) is 8.67. The second-order valence-corrected chi connectivity index (χ2v) is 4.94. The molecule has 5 heteroatoms. The Morgan fingerprint density at radius 1 is 1.40 bits per heavy atom. The zero-order chi connectivity index (χ0) is 10.5. The third-order valence-corrected chi connectivity index (χ3v) is 3.70. The van der Waals surface area contributed by atoms with Gasteiger partial charge >= 0.3 is 0 Å². The number of hydrogen-bond donors (Lipinski definition) is 1. The van der Waals surface area contributed by atoms with Crippen molar-refractivity contribution in [3.05, 3.63) is 27.7 Å². The molecular formula is C10H13N3S2. The molecule has 80 valence electrons. The van der Waals surface area contributed by atoms with Gasteiger partial charge in [-0.15, -0.1) is 22.7 Å². The van der Waals surface area contributed by atoms with Crippen LogP contribution in [0.1, 0.15) is 17.6 Å². The number of thiazole rings is 2. The lowest BCUT2D eigenvalue weighted by Gasteiger charge is -1.99. The van der Waals surface area contributed by atoms with Crippen molar-refractivity contribution < 1.29 is 0 Å². The Morgan fingerprint density at radius 3 is 3.00 bits per heavy atom. The largest absolute Gasteiger partial charge is 0.361 e. The summed E-state index contributed by atoms with van der Waals surface area (Å²) < 4.78 is 0. The van der Waals surface area contributed by atoms with Gasteiger partial charge in [-0.1, -0.05) is 6.92 Å². The van der Waals surface area contributed by atoms with E-state index in [4.69, 9.17) is 0 Å². The van der Waals surface area contributed by atoms with Crippen LogP contribution in [0.15, 0.2) is 17.0 Å². The Kier molecular flexibility index (Phi) is 3.69. The molecule has 1 N–H and O–H groups in total. The van der Waals surface area contributed by atoms with Crippen molar-refractivity contribution in [3.8, 4) is 0 Å². The average molecular weight is 239 g/mol. The van der Waals surface area contributed by atoms with Crippen molar-refractivity contribution in [1.29, 1.82) is 0 Å². The SMILES string of the molecule is CCc1csc(NCCc2nccs2)n1. The summed E-state index contributed by atoms with van der Waals surface area (Å²) in [7, 11) is 0. The lowest BCUT2D eigenvalue weighted by molar-refractivity contribution is 0.985. The third kappa shape index (κ3) is 3.00. The molecule has 2 aromatic heterocycles. The molecule has 0 bridgehead atoms. The van der Waals surface area contributed by atoms with Crippen LogP contribution in [-0.2, 0) is 12.8 Å². The predicted molar refractivity (Wildman–Crippen MR) is 65.8 cm³/mol. The number of hydrogen-bond acceptors (Lipinski definition) is 5. The van der Waals surface area contributed by atoms with Crippen LogP contribution in [0.5, 0.6) is 0 Å². The lowest BCUT2D eigenvalue weighted by atomic mass is 10.4. The van der Waals surface area contributed by atoms with Crippen molar-refractivity contribution in [3.63, 3.8) is 0 Å². The Balaban J connectivity index is 1.78. The third-order valence-electron chi connectivity index (χ3n) is 2.01. The number of nitrogens with one attached hydrogen (secondary N) is 1. The first kappa shape index (κ1) is 10.6. The first-order valence-electron chi connectivity index (χ1n) is 4.95. The Labute approximate surface area is 97.2 Å². The molecule has 0 saturated heterocycles. The van der Waals surface area contributed by atoms with Gasteiger partial charge in [0.15, 0.2) is 5.13 Å². The van der Waals surface area contributed by atoms with Crippen LogP contribution in [-0.4, -0.2) is 16.5 Å². The van der Waals surface area contributed by atoms with E-state index in [-0.39, 0.29) is 0 Å². The standard InChI is InChI=1S/C10H13N3S2/c1-2-8-7-15-10(13-8)12-4-3-9-11-5-6-14-9/h5-7H,2-4H2,1H3,(H,12,13). The summed E-state index contributed by atoms with van der Waals surface area (Å²) in [5.74, 6) is 0. The zero-order valence-corrected chi connectivity index (χ0v) is 10.2. The molecule has 0 atom stereocenters. The maximum Gasteiger partial charge on any atom is 0.182 e. The maximum atomic E-state index is 4.44. The first-order valence-corrected chi connectivity index (χ1v) is 6.71. The summed E-state index contributed by atoms with van der Waals surface area (Å²) in [6.07, 6.45) is 3.82. The van der Waals surface area contributed by atoms with E-state index in [1.54, 1.807) is 22.7 Å². The molecule has 0 aromatic carbocycles. The van der Waals surface area contributed by atoms with E-state index < -0.39 is 0 Å². The summed E-state index contributed by atoms with van der Waals surface area (Å²) in [5, 5.41) is 9.62. The fourth-order valence-corrected chi connectivity index (χ4v) is 2.65. The van der Waals surface area contributed by atoms with Crippen LogP contribution in [0.2, 0.25) is 0 Å². The van der Waals surface area contributed by atoms with E-state index in [0.717, 1.165) is 30.2 Å². The van der Waals surface area contributed by atoms with Gasteiger partial charge in [0.1, 0.15) is 0 Å². The van der Waals surface area contributed by atoms with E-state index in [0.29, 0.717) is 0 Å². The van der Waals surface area contributed by atoms with Gasteiger partial charge in [0.05, 0.1) is 10.7 Å². The van der Waals surface area contributed by atoms with E-state index in [1.165, 1.54) is 5.01 Å². The molecule has 2 rings (SSSR count). The maximum absolute atomic E-state index is 4.44. The molecular weight excluding hydrogens is 226 g/mol. The summed E-state index contributed by atoms with van der Waals surface area (Å²) >= 11 is 3.37. The molecule has 2 aromatic rings. The van der Waals surface area contributed by atoms with E-state index >= 15 is 0 Å². The Bertz CT molecular complexity index is 394. The number of nitrogens with zero attached hydrogens (tertiary/aromatic N) is 2. The zero-order valence-electron chi connectivity index (χ0n) is 8.56. The number of aromatic nitrogens is 2. The second kappa shape index (κ2) is 5.23. The number of rotatable bonds is 5. The highest BCUT2D eigenvalue weighted by atomic mass is 32.1. The van der Waals surface area contributed by atoms with E-state index in [1.807, 2.05) is 11.6 Å². The van der Waals surface area contributed by atoms with Crippen LogP contribution >= 0.6 is 22.7 Å². The lowest BCUT2D eigenvalue weighted by Crippen LogP contribution is -2.04. The minimum atomic E-state index is 0.907. The van der Waals surface area contributed by atoms with Crippen molar-refractivity contribution in [2.45, 2.75) is 19.8 Å². The molecule has 0 spiro atoms. The minimum Gasteiger partial charge on any atom is -0.361 e. The van der Waals surface area contributed by atoms with Crippen LogP contribution in [0.3, 0.4) is 0 Å². The van der Waals surface area contributed by atoms with Crippen molar-refractivity contribution >= 4 is 27.8 Å². The fraction of sp³-hybridized carbons (Fsp3) is 0.400. The van der Waals surface area contributed by atoms with Gasteiger partial charge in [-0.05, 0) is 6.42 Å². The molecule has 0 fully saturated rings. The quantitative estimate of drug-likeness (QED) is 0.872. The summed E-state index contributed by atoms with van der Waals surface area (Å²) in [6, 6.07) is 0. The van der Waals surface area contributed by atoms with Gasteiger partial charge in [-0.2, -0.15) is 0 Å². The predicted octanol–water partition coefficient (Wildman–Crippen LogP) is 2.82. The summed E-state index contributed by atoms with van der Waals surface area (Å²) in [5.41, 5.74) is 1.16. The van der Waals surface area contributed by atoms with Gasteiger partial charge in [0.25, 0.3) is 0 Å². The van der Waals surface area contributed by atoms with Crippen molar-refractivity contribution in [1.82, 2.24) is 9.97 Å². The molecule has 2 heterocycles. The first-order chi connectivity index (χ1) is 7.38. The smallest absolute Gasteiger partial charge is 0.182 e. The van der Waals surface area contributed by atoms with Gasteiger partial charge < -0.3 is 5.32 Å². The highest BCUT2D eigenvalue weighted by Crippen LogP contribution is 2.15. The highest BCUT2D eigenvalue weighted by molar-refractivity contribution is 7.13. The second-order valence-electron chi connectivity index (χ2n) is 3.10. The van der Waals surface area contributed by atoms with Crippen molar-refractivity contribution in [2.75, 3.05) is 11.9 Å². The summed E-state index contributed by atoms with van der Waals surface area (Å²) in [6.45, 7) is 3.03. The van der Waals surface area contributed by atoms with Crippen LogP contribution < -0.4 is 5.32 Å². The molecule has 0 unspecified atom stereocenters. The molecule has 0 aliphatic heterocycles. The topological polar surface area (TPSA) is 37.8 Å². The molecule has 3 nitrogen and oxygen atoms in total. The molecule has 0 saturated carbocycles. The number of anilines is 1. The monoisotopic (exact) mass is 239 g/mol. The Hall–Kier alpha value is -0.940. The minimum absolute atomic E-state index is 0.907. The van der Waals surface area contributed by atoms with Crippen LogP contribution in [0, 0.1) is 0 Å². The highest BCUT2D eigenvalue weighted by Gasteiger charge is 2.00. The van der Waals surface area contributed by atoms with Crippen LogP contribution in [0.25, 0.3) is 0 Å². The fourth-order valence-electron chi connectivity index (χ4n) is 1.20. The van der Waals surface area contributed by atoms with Gasteiger partial charge in [0.2, 0.25) is 0 Å². The van der Waals surface area contributed by atoms with Gasteiger partial charge in [-0.25, -0.2) is 9.97 Å². The van der Waals surface area contributed by atoms with Crippen molar-refractivity contribution in [2.24, 2.45) is 0 Å². The Morgan fingerprint density at radius 2 is 2.33 bits per heavy atom. The molecule has 0 radical (unpaired) electrons. The molecule has 0 amide bonds. The van der Waals surface area contributed by atoms with Gasteiger partial charge in [-0.3, -0.25) is 0 Å². The average Bonchev–Trinajstić information content (AvgIpc) is 2.88. The van der Waals surface area contributed by atoms with E-state index in [2.05, 4.69) is 27.6 Å². The van der Waals surface area contributed by atoms with Gasteiger partial charge in [0, 0.05) is 29.9 Å². The normalized spacial score (nSPS) is 10.5. The molecule has 15 heavy (non-hydrogen) atoms.